The van der Waals surface area contributed by atoms with Crippen LogP contribution < -0.4 is 5.32 Å². The molecule has 136 valence electrons. The Labute approximate surface area is 154 Å². The average Bonchev–Trinajstić information content (AvgIpc) is 3.16. The van der Waals surface area contributed by atoms with Crippen molar-refractivity contribution in [1.82, 2.24) is 10.2 Å². The molecular weight excluding hydrogens is 328 g/mol. The van der Waals surface area contributed by atoms with E-state index in [1.165, 1.54) is 18.2 Å². The van der Waals surface area contributed by atoms with E-state index < -0.39 is 12.1 Å². The summed E-state index contributed by atoms with van der Waals surface area (Å²) in [5, 5.41) is 2.69. The molecule has 1 aliphatic rings. The Morgan fingerprint density at radius 3 is 2.50 bits per heavy atom. The van der Waals surface area contributed by atoms with E-state index in [4.69, 9.17) is 4.74 Å². The summed E-state index contributed by atoms with van der Waals surface area (Å²) < 4.78 is 4.72. The highest BCUT2D eigenvalue weighted by Gasteiger charge is 2.36. The lowest BCUT2D eigenvalue weighted by Gasteiger charge is -2.30. The molecular formula is C21H24N2O3. The van der Waals surface area contributed by atoms with Gasteiger partial charge in [0.25, 0.3) is 0 Å². The summed E-state index contributed by atoms with van der Waals surface area (Å²) in [6.07, 6.45) is 1.26. The first-order valence-electron chi connectivity index (χ1n) is 8.87. The van der Waals surface area contributed by atoms with Crippen LogP contribution in [0, 0.1) is 6.92 Å². The van der Waals surface area contributed by atoms with E-state index in [2.05, 4.69) is 24.4 Å². The largest absolute Gasteiger partial charge is 0.453 e. The maximum atomic E-state index is 13.3. The van der Waals surface area contributed by atoms with Gasteiger partial charge in [0.05, 0.1) is 13.2 Å². The Hall–Kier alpha value is -2.82. The van der Waals surface area contributed by atoms with E-state index in [0.717, 1.165) is 18.4 Å². The summed E-state index contributed by atoms with van der Waals surface area (Å²) in [4.78, 5) is 27.0. The van der Waals surface area contributed by atoms with Crippen molar-refractivity contribution < 1.29 is 14.3 Å². The second-order valence-electron chi connectivity index (χ2n) is 6.53. The van der Waals surface area contributed by atoms with Crippen molar-refractivity contribution in [3.63, 3.8) is 0 Å². The molecule has 2 aromatic carbocycles. The van der Waals surface area contributed by atoms with E-state index in [9.17, 15) is 9.59 Å². The molecule has 0 radical (unpaired) electrons. The molecule has 0 aromatic heterocycles. The van der Waals surface area contributed by atoms with Gasteiger partial charge in [-0.1, -0.05) is 54.6 Å². The molecule has 1 fully saturated rings. The number of amides is 2. The molecule has 3 rings (SSSR count). The van der Waals surface area contributed by atoms with E-state index in [1.807, 2.05) is 47.4 Å². The molecule has 2 atom stereocenters. The third kappa shape index (κ3) is 3.72. The Kier molecular flexibility index (Phi) is 5.56. The van der Waals surface area contributed by atoms with Gasteiger partial charge in [0, 0.05) is 6.54 Å². The van der Waals surface area contributed by atoms with Gasteiger partial charge in [0.1, 0.15) is 6.04 Å². The number of hydrogen-bond acceptors (Lipinski definition) is 3. The third-order valence-corrected chi connectivity index (χ3v) is 4.91. The predicted molar refractivity (Wildman–Crippen MR) is 99.6 cm³/mol. The zero-order valence-corrected chi connectivity index (χ0v) is 15.1. The lowest BCUT2D eigenvalue weighted by Crippen LogP contribution is -2.42. The minimum absolute atomic E-state index is 0.0364. The van der Waals surface area contributed by atoms with Gasteiger partial charge in [0.15, 0.2) is 0 Å². The lowest BCUT2D eigenvalue weighted by molar-refractivity contribution is -0.134. The van der Waals surface area contributed by atoms with Gasteiger partial charge in [-0.2, -0.15) is 0 Å². The van der Waals surface area contributed by atoms with Crippen molar-refractivity contribution in [3.05, 3.63) is 71.3 Å². The molecule has 1 saturated heterocycles. The fourth-order valence-electron chi connectivity index (χ4n) is 3.59. The van der Waals surface area contributed by atoms with Crippen molar-refractivity contribution in [3.8, 4) is 0 Å². The molecule has 1 N–H and O–H groups in total. The van der Waals surface area contributed by atoms with E-state index in [1.54, 1.807) is 0 Å². The monoisotopic (exact) mass is 352 g/mol. The van der Waals surface area contributed by atoms with E-state index in [0.29, 0.717) is 6.54 Å². The zero-order chi connectivity index (χ0) is 18.5. The smallest absolute Gasteiger partial charge is 0.407 e. The summed E-state index contributed by atoms with van der Waals surface area (Å²) in [6.45, 7) is 2.75. The molecule has 1 heterocycles. The molecule has 2 amide bonds. The predicted octanol–water partition coefficient (Wildman–Crippen LogP) is 3.76. The lowest BCUT2D eigenvalue weighted by atomic mass is 9.98. The van der Waals surface area contributed by atoms with Crippen LogP contribution in [0.1, 0.15) is 41.6 Å². The average molecular weight is 352 g/mol. The van der Waals surface area contributed by atoms with Gasteiger partial charge in [-0.15, -0.1) is 0 Å². The highest BCUT2D eigenvalue weighted by atomic mass is 16.5. The molecule has 0 bridgehead atoms. The minimum atomic E-state index is -0.756. The number of nitrogens with zero attached hydrogens (tertiary/aromatic N) is 1. The van der Waals surface area contributed by atoms with Crippen molar-refractivity contribution in [1.29, 1.82) is 0 Å². The second kappa shape index (κ2) is 8.04. The number of likely N-dealkylation sites (tertiary alicyclic amines) is 1. The van der Waals surface area contributed by atoms with Crippen LogP contribution in [0.25, 0.3) is 0 Å². The summed E-state index contributed by atoms with van der Waals surface area (Å²) in [6, 6.07) is 16.7. The number of benzene rings is 2. The van der Waals surface area contributed by atoms with Gasteiger partial charge in [-0.3, -0.25) is 4.79 Å². The minimum Gasteiger partial charge on any atom is -0.453 e. The van der Waals surface area contributed by atoms with Crippen LogP contribution in [0.4, 0.5) is 4.79 Å². The summed E-state index contributed by atoms with van der Waals surface area (Å²) in [5.74, 6) is -0.104. The fourth-order valence-corrected chi connectivity index (χ4v) is 3.59. The summed E-state index contributed by atoms with van der Waals surface area (Å²) in [5.41, 5.74) is 3.09. The van der Waals surface area contributed by atoms with Crippen molar-refractivity contribution >= 4 is 12.0 Å². The van der Waals surface area contributed by atoms with Gasteiger partial charge < -0.3 is 15.0 Å². The van der Waals surface area contributed by atoms with Gasteiger partial charge in [-0.25, -0.2) is 4.79 Å². The Balaban J connectivity index is 1.90. The molecule has 1 aliphatic heterocycles. The van der Waals surface area contributed by atoms with Crippen molar-refractivity contribution in [2.75, 3.05) is 13.7 Å². The highest BCUT2D eigenvalue weighted by Crippen LogP contribution is 2.35. The molecule has 0 saturated carbocycles. The van der Waals surface area contributed by atoms with Crippen LogP contribution in [-0.4, -0.2) is 30.6 Å². The first-order valence-corrected chi connectivity index (χ1v) is 8.87. The number of aryl methyl sites for hydroxylation is 1. The highest BCUT2D eigenvalue weighted by molar-refractivity contribution is 5.87. The normalized spacial score (nSPS) is 17.6. The number of hydrogen-bond donors (Lipinski definition) is 1. The summed E-state index contributed by atoms with van der Waals surface area (Å²) >= 11 is 0. The number of nitrogens with one attached hydrogen (secondary N) is 1. The first-order chi connectivity index (χ1) is 12.6. The van der Waals surface area contributed by atoms with Crippen LogP contribution in [0.2, 0.25) is 0 Å². The number of carbonyl (C=O) groups is 2. The number of carbonyl (C=O) groups excluding carboxylic acids is 2. The fraction of sp³-hybridized carbons (Fsp3) is 0.333. The maximum absolute atomic E-state index is 13.3. The molecule has 26 heavy (non-hydrogen) atoms. The third-order valence-electron chi connectivity index (χ3n) is 4.91. The van der Waals surface area contributed by atoms with Gasteiger partial charge in [-0.05, 0) is 36.5 Å². The molecule has 2 aromatic rings. The first kappa shape index (κ1) is 18.0. The second-order valence-corrected chi connectivity index (χ2v) is 6.53. The standard InChI is InChI=1S/C21H24N2O3/c1-15-9-6-7-12-17(15)18-13-8-14-23(18)20(24)19(22-21(25)26-2)16-10-4-3-5-11-16/h3-7,9-12,18-19H,8,13-14H2,1-2H3,(H,22,25)/t18-,19+/m0/s1. The molecule has 0 aliphatic carbocycles. The summed E-state index contributed by atoms with van der Waals surface area (Å²) in [7, 11) is 1.30. The van der Waals surface area contributed by atoms with Crippen LogP contribution >= 0.6 is 0 Å². The molecule has 5 nitrogen and oxygen atoms in total. The van der Waals surface area contributed by atoms with Crippen LogP contribution in [0.15, 0.2) is 54.6 Å². The van der Waals surface area contributed by atoms with E-state index >= 15 is 0 Å². The topological polar surface area (TPSA) is 58.6 Å². The Bertz CT molecular complexity index is 776. The van der Waals surface area contributed by atoms with Crippen LogP contribution in [0.3, 0.4) is 0 Å². The van der Waals surface area contributed by atoms with Gasteiger partial charge >= 0.3 is 6.09 Å². The van der Waals surface area contributed by atoms with E-state index in [-0.39, 0.29) is 11.9 Å². The SMILES string of the molecule is COC(=O)N[C@@H](C(=O)N1CCC[C@H]1c1ccccc1C)c1ccccc1. The molecule has 5 heteroatoms. The Morgan fingerprint density at radius 2 is 1.81 bits per heavy atom. The van der Waals surface area contributed by atoms with Gasteiger partial charge in [0.2, 0.25) is 5.91 Å². The van der Waals surface area contributed by atoms with Crippen LogP contribution in [-0.2, 0) is 9.53 Å². The molecule has 0 spiro atoms. The molecule has 0 unspecified atom stereocenters. The quantitative estimate of drug-likeness (QED) is 0.911. The number of ether oxygens (including phenoxy) is 1. The number of alkyl carbamates (subject to hydrolysis) is 1. The maximum Gasteiger partial charge on any atom is 0.407 e. The number of methoxy groups -OCH3 is 1. The Morgan fingerprint density at radius 1 is 1.12 bits per heavy atom. The van der Waals surface area contributed by atoms with Crippen molar-refractivity contribution in [2.45, 2.75) is 31.8 Å². The van der Waals surface area contributed by atoms with Crippen molar-refractivity contribution in [2.24, 2.45) is 0 Å². The van der Waals surface area contributed by atoms with Crippen LogP contribution in [0.5, 0.6) is 0 Å². The number of rotatable bonds is 4. The zero-order valence-electron chi connectivity index (χ0n) is 15.1.